The Morgan fingerprint density at radius 1 is 1.38 bits per heavy atom. The Labute approximate surface area is 94.7 Å². The number of rotatable bonds is 4. The highest BCUT2D eigenvalue weighted by atomic mass is 16.5. The fourth-order valence-corrected chi connectivity index (χ4v) is 1.40. The average molecular weight is 218 g/mol. The van der Waals surface area contributed by atoms with Gasteiger partial charge < -0.3 is 4.74 Å². The van der Waals surface area contributed by atoms with Gasteiger partial charge in [-0.2, -0.15) is 0 Å². The molecule has 84 valence electrons. The lowest BCUT2D eigenvalue weighted by Gasteiger charge is -2.05. The first-order valence-corrected chi connectivity index (χ1v) is 4.90. The summed E-state index contributed by atoms with van der Waals surface area (Å²) in [5.41, 5.74) is 1.86. The molecule has 0 fully saturated rings. The lowest BCUT2D eigenvalue weighted by atomic mass is 10.0. The van der Waals surface area contributed by atoms with Crippen LogP contribution < -0.4 is 0 Å². The Kier molecular flexibility index (Phi) is 4.00. The first kappa shape index (κ1) is 12.2. The van der Waals surface area contributed by atoms with Crippen molar-refractivity contribution in [3.8, 4) is 0 Å². The summed E-state index contributed by atoms with van der Waals surface area (Å²) in [7, 11) is 1.31. The second-order valence-corrected chi connectivity index (χ2v) is 3.55. The molecule has 0 aliphatic rings. The highest BCUT2D eigenvalue weighted by Gasteiger charge is 2.09. The van der Waals surface area contributed by atoms with Gasteiger partial charge in [0.25, 0.3) is 0 Å². The topological polar surface area (TPSA) is 43.4 Å². The molecule has 0 aliphatic heterocycles. The van der Waals surface area contributed by atoms with Gasteiger partial charge in [0.15, 0.2) is 0 Å². The minimum atomic E-state index is -0.458. The molecule has 0 aliphatic carbocycles. The van der Waals surface area contributed by atoms with E-state index in [-0.39, 0.29) is 5.78 Å². The van der Waals surface area contributed by atoms with Crippen LogP contribution in [0.15, 0.2) is 30.8 Å². The highest BCUT2D eigenvalue weighted by Crippen LogP contribution is 2.15. The maximum Gasteiger partial charge on any atom is 0.337 e. The number of hydrogen-bond donors (Lipinski definition) is 0. The van der Waals surface area contributed by atoms with Crippen molar-refractivity contribution < 1.29 is 14.3 Å². The largest absolute Gasteiger partial charge is 0.465 e. The van der Waals surface area contributed by atoms with Crippen LogP contribution in [0.1, 0.15) is 18.1 Å². The molecule has 1 aromatic carbocycles. The molecule has 0 heterocycles. The van der Waals surface area contributed by atoms with Crippen LogP contribution in [-0.2, 0) is 20.7 Å². The maximum atomic E-state index is 11.3. The zero-order valence-corrected chi connectivity index (χ0v) is 9.45. The Bertz CT molecular complexity index is 433. The molecular formula is C13H14O3. The maximum absolute atomic E-state index is 11.3. The second-order valence-electron chi connectivity index (χ2n) is 3.55. The molecule has 16 heavy (non-hydrogen) atoms. The predicted molar refractivity (Wildman–Crippen MR) is 61.9 cm³/mol. The summed E-state index contributed by atoms with van der Waals surface area (Å²) < 4.78 is 4.58. The fraction of sp³-hybridized carbons (Fsp3) is 0.231. The molecule has 0 saturated heterocycles. The zero-order chi connectivity index (χ0) is 12.1. The summed E-state index contributed by atoms with van der Waals surface area (Å²) in [6.07, 6.45) is 0.363. The zero-order valence-electron chi connectivity index (χ0n) is 9.45. The van der Waals surface area contributed by atoms with E-state index in [4.69, 9.17) is 0 Å². The Morgan fingerprint density at radius 3 is 2.62 bits per heavy atom. The molecule has 0 atom stereocenters. The summed E-state index contributed by atoms with van der Waals surface area (Å²) >= 11 is 0. The number of ketones is 1. The van der Waals surface area contributed by atoms with Gasteiger partial charge in [0.1, 0.15) is 5.78 Å². The number of methoxy groups -OCH3 is 1. The SMILES string of the molecule is C=C(C(=O)OC)c1cccc(CC(C)=O)c1. The van der Waals surface area contributed by atoms with E-state index in [9.17, 15) is 9.59 Å². The molecule has 0 bridgehead atoms. The van der Waals surface area contributed by atoms with Crippen LogP contribution in [0.3, 0.4) is 0 Å². The first-order chi connectivity index (χ1) is 7.54. The van der Waals surface area contributed by atoms with Crippen LogP contribution in [0.5, 0.6) is 0 Å². The number of hydrogen-bond acceptors (Lipinski definition) is 3. The number of carbonyl (C=O) groups excluding carboxylic acids is 2. The fourth-order valence-electron chi connectivity index (χ4n) is 1.40. The van der Waals surface area contributed by atoms with Crippen molar-refractivity contribution in [1.29, 1.82) is 0 Å². The van der Waals surface area contributed by atoms with Crippen molar-refractivity contribution in [3.05, 3.63) is 42.0 Å². The van der Waals surface area contributed by atoms with E-state index in [1.54, 1.807) is 18.2 Å². The van der Waals surface area contributed by atoms with Gasteiger partial charge in [0.2, 0.25) is 0 Å². The molecule has 1 rings (SSSR count). The standard InChI is InChI=1S/C13H14O3/c1-9(14)7-11-5-4-6-12(8-11)10(2)13(15)16-3/h4-6,8H,2,7H2,1,3H3. The molecule has 0 aromatic heterocycles. The van der Waals surface area contributed by atoms with Gasteiger partial charge in [0, 0.05) is 6.42 Å². The summed E-state index contributed by atoms with van der Waals surface area (Å²) in [4.78, 5) is 22.2. The van der Waals surface area contributed by atoms with Gasteiger partial charge in [-0.15, -0.1) is 0 Å². The van der Waals surface area contributed by atoms with Gasteiger partial charge in [-0.1, -0.05) is 30.8 Å². The van der Waals surface area contributed by atoms with Crippen LogP contribution in [0, 0.1) is 0 Å². The molecule has 1 aromatic rings. The van der Waals surface area contributed by atoms with Gasteiger partial charge in [-0.05, 0) is 18.1 Å². The number of benzene rings is 1. The minimum absolute atomic E-state index is 0.0841. The van der Waals surface area contributed by atoms with Crippen molar-refractivity contribution in [1.82, 2.24) is 0 Å². The van der Waals surface area contributed by atoms with E-state index in [0.717, 1.165) is 5.56 Å². The molecule has 0 N–H and O–H groups in total. The first-order valence-electron chi connectivity index (χ1n) is 4.90. The van der Waals surface area contributed by atoms with E-state index in [1.165, 1.54) is 14.0 Å². The Hall–Kier alpha value is -1.90. The summed E-state index contributed by atoms with van der Waals surface area (Å²) in [6, 6.07) is 7.18. The van der Waals surface area contributed by atoms with Crippen molar-refractivity contribution >= 4 is 17.3 Å². The van der Waals surface area contributed by atoms with Crippen molar-refractivity contribution in [2.45, 2.75) is 13.3 Å². The van der Waals surface area contributed by atoms with Crippen LogP contribution in [0.4, 0.5) is 0 Å². The van der Waals surface area contributed by atoms with Crippen molar-refractivity contribution in [2.24, 2.45) is 0 Å². The molecule has 0 radical (unpaired) electrons. The quantitative estimate of drug-likeness (QED) is 0.573. The number of ether oxygens (including phenoxy) is 1. The Morgan fingerprint density at radius 2 is 2.06 bits per heavy atom. The van der Waals surface area contributed by atoms with Crippen LogP contribution >= 0.6 is 0 Å². The minimum Gasteiger partial charge on any atom is -0.465 e. The van der Waals surface area contributed by atoms with Crippen LogP contribution in [0.2, 0.25) is 0 Å². The number of esters is 1. The van der Waals surface area contributed by atoms with Crippen molar-refractivity contribution in [3.63, 3.8) is 0 Å². The molecule has 0 amide bonds. The molecule has 0 saturated carbocycles. The van der Waals surface area contributed by atoms with E-state index >= 15 is 0 Å². The van der Waals surface area contributed by atoms with Gasteiger partial charge in [-0.3, -0.25) is 4.79 Å². The normalized spacial score (nSPS) is 9.62. The third-order valence-electron chi connectivity index (χ3n) is 2.16. The molecule has 0 spiro atoms. The van der Waals surface area contributed by atoms with Gasteiger partial charge in [0.05, 0.1) is 12.7 Å². The monoisotopic (exact) mass is 218 g/mol. The average Bonchev–Trinajstić information content (AvgIpc) is 2.26. The van der Waals surface area contributed by atoms with E-state index < -0.39 is 5.97 Å². The van der Waals surface area contributed by atoms with Gasteiger partial charge in [-0.25, -0.2) is 4.79 Å². The Balaban J connectivity index is 2.94. The summed E-state index contributed by atoms with van der Waals surface area (Å²) in [5, 5.41) is 0. The van der Waals surface area contributed by atoms with E-state index in [0.29, 0.717) is 17.6 Å². The lowest BCUT2D eigenvalue weighted by molar-refractivity contribution is -0.133. The smallest absolute Gasteiger partial charge is 0.337 e. The summed E-state index contributed by atoms with van der Waals surface area (Å²) in [6.45, 7) is 5.19. The van der Waals surface area contributed by atoms with Crippen LogP contribution in [0.25, 0.3) is 5.57 Å². The van der Waals surface area contributed by atoms with E-state index in [1.807, 2.05) is 6.07 Å². The summed E-state index contributed by atoms with van der Waals surface area (Å²) in [5.74, 6) is -0.374. The molecule has 3 nitrogen and oxygen atoms in total. The second kappa shape index (κ2) is 5.26. The molecular weight excluding hydrogens is 204 g/mol. The third kappa shape index (κ3) is 3.05. The van der Waals surface area contributed by atoms with Gasteiger partial charge >= 0.3 is 5.97 Å². The lowest BCUT2D eigenvalue weighted by Crippen LogP contribution is -2.03. The molecule has 0 unspecified atom stereocenters. The highest BCUT2D eigenvalue weighted by molar-refractivity contribution is 6.15. The number of carbonyl (C=O) groups is 2. The molecule has 3 heteroatoms. The van der Waals surface area contributed by atoms with Crippen LogP contribution in [-0.4, -0.2) is 18.9 Å². The van der Waals surface area contributed by atoms with E-state index in [2.05, 4.69) is 11.3 Å². The number of Topliss-reactive ketones (excluding diaryl/α,β-unsaturated/α-hetero) is 1. The third-order valence-corrected chi connectivity index (χ3v) is 2.16. The predicted octanol–water partition coefficient (Wildman–Crippen LogP) is 2.00. The van der Waals surface area contributed by atoms with Crippen molar-refractivity contribution in [2.75, 3.05) is 7.11 Å².